The maximum atomic E-state index is 12.4. The van der Waals surface area contributed by atoms with Gasteiger partial charge in [-0.05, 0) is 50.6 Å². The van der Waals surface area contributed by atoms with Crippen LogP contribution in [0.15, 0.2) is 52.4 Å². The Morgan fingerprint density at radius 2 is 1.90 bits per heavy atom. The Morgan fingerprint density at radius 1 is 1.17 bits per heavy atom. The lowest BCUT2D eigenvalue weighted by Crippen LogP contribution is -2.14. The van der Waals surface area contributed by atoms with Crippen LogP contribution in [0, 0.1) is 6.92 Å². The molecule has 0 aliphatic rings. The second kappa shape index (κ2) is 8.92. The van der Waals surface area contributed by atoms with Crippen LogP contribution in [0.3, 0.4) is 0 Å². The Hall–Kier alpha value is -2.45. The number of aromatic nitrogens is 1. The molecule has 0 spiro atoms. The number of amides is 1. The number of carbonyl (C=O) groups is 1. The monoisotopic (exact) mass is 432 g/mol. The van der Waals surface area contributed by atoms with Crippen LogP contribution in [0.1, 0.15) is 25.3 Å². The average Bonchev–Trinajstić information content (AvgIpc) is 2.97. The molecule has 8 heteroatoms. The normalized spacial score (nSPS) is 12.4. The molecule has 154 valence electrons. The minimum atomic E-state index is -3.39. The molecule has 3 rings (SSSR count). The van der Waals surface area contributed by atoms with Crippen LogP contribution < -0.4 is 9.54 Å². The molecular formula is C21H24N2O4S2. The molecule has 0 unspecified atom stereocenters. The molecule has 0 bridgehead atoms. The Balaban J connectivity index is 1.69. The van der Waals surface area contributed by atoms with E-state index in [0.717, 1.165) is 21.5 Å². The summed E-state index contributed by atoms with van der Waals surface area (Å²) in [5.41, 5.74) is 1.97. The quantitative estimate of drug-likeness (QED) is 0.571. The maximum Gasteiger partial charge on any atom is 0.248 e. The van der Waals surface area contributed by atoms with Gasteiger partial charge in [-0.2, -0.15) is 4.99 Å². The molecule has 0 aliphatic carbocycles. The number of nitrogens with zero attached hydrogens (tertiary/aromatic N) is 2. The first-order valence-electron chi connectivity index (χ1n) is 9.39. The van der Waals surface area contributed by atoms with E-state index >= 15 is 0 Å². The SMILES string of the molecule is CCOc1ccc2c(c1)sc(=NC(=O)CCCS(=O)(=O)c1ccc(C)cc1)n2C. The van der Waals surface area contributed by atoms with Gasteiger partial charge < -0.3 is 9.30 Å². The average molecular weight is 433 g/mol. The van der Waals surface area contributed by atoms with E-state index in [2.05, 4.69) is 4.99 Å². The van der Waals surface area contributed by atoms with Gasteiger partial charge in [0.2, 0.25) is 5.91 Å². The Kier molecular flexibility index (Phi) is 6.54. The van der Waals surface area contributed by atoms with Gasteiger partial charge in [-0.1, -0.05) is 29.0 Å². The fourth-order valence-corrected chi connectivity index (χ4v) is 5.29. The van der Waals surface area contributed by atoms with Crippen LogP contribution in [-0.4, -0.2) is 31.3 Å². The molecule has 0 radical (unpaired) electrons. The van der Waals surface area contributed by atoms with E-state index in [0.29, 0.717) is 11.4 Å². The summed E-state index contributed by atoms with van der Waals surface area (Å²) in [4.78, 5) is 17.3. The largest absolute Gasteiger partial charge is 0.494 e. The Bertz CT molecular complexity index is 1190. The highest BCUT2D eigenvalue weighted by Gasteiger charge is 2.15. The molecule has 1 heterocycles. The van der Waals surface area contributed by atoms with E-state index in [4.69, 9.17) is 4.74 Å². The first kappa shape index (κ1) is 21.3. The fraction of sp³-hybridized carbons (Fsp3) is 0.333. The molecule has 0 N–H and O–H groups in total. The molecule has 0 saturated carbocycles. The molecule has 0 atom stereocenters. The van der Waals surface area contributed by atoms with Crippen LogP contribution in [0.2, 0.25) is 0 Å². The van der Waals surface area contributed by atoms with Gasteiger partial charge >= 0.3 is 0 Å². The zero-order valence-corrected chi connectivity index (χ0v) is 18.3. The molecule has 6 nitrogen and oxygen atoms in total. The Morgan fingerprint density at radius 3 is 2.59 bits per heavy atom. The van der Waals surface area contributed by atoms with Crippen molar-refractivity contribution in [1.29, 1.82) is 0 Å². The molecule has 1 aromatic heterocycles. The van der Waals surface area contributed by atoms with Crippen molar-refractivity contribution in [2.75, 3.05) is 12.4 Å². The van der Waals surface area contributed by atoms with Crippen molar-refractivity contribution in [3.8, 4) is 5.75 Å². The summed E-state index contributed by atoms with van der Waals surface area (Å²) in [6, 6.07) is 12.5. The fourth-order valence-electron chi connectivity index (χ4n) is 2.92. The minimum Gasteiger partial charge on any atom is -0.494 e. The van der Waals surface area contributed by atoms with E-state index in [1.54, 1.807) is 24.3 Å². The van der Waals surface area contributed by atoms with Crippen molar-refractivity contribution in [3.05, 3.63) is 52.8 Å². The lowest BCUT2D eigenvalue weighted by molar-refractivity contribution is -0.118. The molecule has 0 aliphatic heterocycles. The van der Waals surface area contributed by atoms with Gasteiger partial charge in [-0.15, -0.1) is 0 Å². The molecule has 3 aromatic rings. The summed E-state index contributed by atoms with van der Waals surface area (Å²) < 4.78 is 33.1. The number of thiazole rings is 1. The third kappa shape index (κ3) is 5.13. The first-order chi connectivity index (χ1) is 13.8. The summed E-state index contributed by atoms with van der Waals surface area (Å²) in [5, 5.41) is 0. The third-order valence-electron chi connectivity index (χ3n) is 4.50. The van der Waals surface area contributed by atoms with Gasteiger partial charge in [-0.3, -0.25) is 4.79 Å². The van der Waals surface area contributed by atoms with Crippen LogP contribution in [0.5, 0.6) is 5.75 Å². The van der Waals surface area contributed by atoms with Crippen molar-refractivity contribution in [2.24, 2.45) is 12.0 Å². The van der Waals surface area contributed by atoms with Gasteiger partial charge in [0.05, 0.1) is 27.5 Å². The smallest absolute Gasteiger partial charge is 0.248 e. The zero-order chi connectivity index (χ0) is 21.0. The number of sulfone groups is 1. The van der Waals surface area contributed by atoms with Gasteiger partial charge in [0.25, 0.3) is 0 Å². The highest BCUT2D eigenvalue weighted by atomic mass is 32.2. The standard InChI is InChI=1S/C21H24N2O4S2/c1-4-27-16-9-12-18-19(14-16)28-21(23(18)3)22-20(24)6-5-13-29(25,26)17-10-7-15(2)8-11-17/h7-12,14H,4-6,13H2,1-3H3. The maximum absolute atomic E-state index is 12.4. The van der Waals surface area contributed by atoms with Gasteiger partial charge in [0.15, 0.2) is 14.6 Å². The number of carbonyl (C=O) groups excluding carboxylic acids is 1. The van der Waals surface area contributed by atoms with E-state index < -0.39 is 9.84 Å². The van der Waals surface area contributed by atoms with Crippen molar-refractivity contribution in [2.45, 2.75) is 31.6 Å². The number of benzene rings is 2. The summed E-state index contributed by atoms with van der Waals surface area (Å²) in [6.45, 7) is 4.42. The summed E-state index contributed by atoms with van der Waals surface area (Å²) >= 11 is 1.41. The number of fused-ring (bicyclic) bond motifs is 1. The van der Waals surface area contributed by atoms with Crippen LogP contribution >= 0.6 is 11.3 Å². The summed E-state index contributed by atoms with van der Waals surface area (Å²) in [5.74, 6) is 0.380. The second-order valence-corrected chi connectivity index (χ2v) is 9.87. The first-order valence-corrected chi connectivity index (χ1v) is 11.9. The number of hydrogen-bond donors (Lipinski definition) is 0. The molecule has 2 aromatic carbocycles. The zero-order valence-electron chi connectivity index (χ0n) is 16.7. The van der Waals surface area contributed by atoms with Gasteiger partial charge in [0.1, 0.15) is 5.75 Å². The highest BCUT2D eigenvalue weighted by Crippen LogP contribution is 2.22. The van der Waals surface area contributed by atoms with Crippen molar-refractivity contribution >= 4 is 37.3 Å². The van der Waals surface area contributed by atoms with Crippen molar-refractivity contribution in [1.82, 2.24) is 4.57 Å². The van der Waals surface area contributed by atoms with E-state index in [1.807, 2.05) is 43.7 Å². The van der Waals surface area contributed by atoms with E-state index in [-0.39, 0.29) is 29.4 Å². The number of ether oxygens (including phenoxy) is 1. The van der Waals surface area contributed by atoms with E-state index in [9.17, 15) is 13.2 Å². The van der Waals surface area contributed by atoms with Crippen LogP contribution in [0.4, 0.5) is 0 Å². The lowest BCUT2D eigenvalue weighted by Gasteiger charge is -2.04. The molecule has 0 saturated heterocycles. The minimum absolute atomic E-state index is 0.0758. The summed E-state index contributed by atoms with van der Waals surface area (Å²) in [6.07, 6.45) is 0.325. The third-order valence-corrected chi connectivity index (χ3v) is 7.41. The number of rotatable bonds is 7. The van der Waals surface area contributed by atoms with Crippen molar-refractivity contribution < 1.29 is 17.9 Å². The predicted molar refractivity (Wildman–Crippen MR) is 115 cm³/mol. The topological polar surface area (TPSA) is 77.7 Å². The van der Waals surface area contributed by atoms with Gasteiger partial charge in [-0.25, -0.2) is 8.42 Å². The summed E-state index contributed by atoms with van der Waals surface area (Å²) in [7, 11) is -1.54. The van der Waals surface area contributed by atoms with E-state index in [1.165, 1.54) is 11.3 Å². The second-order valence-electron chi connectivity index (χ2n) is 6.75. The number of aryl methyl sites for hydroxylation is 2. The molecular weight excluding hydrogens is 408 g/mol. The molecule has 1 amide bonds. The number of hydrogen-bond acceptors (Lipinski definition) is 5. The predicted octanol–water partition coefficient (Wildman–Crippen LogP) is 3.63. The van der Waals surface area contributed by atoms with Crippen LogP contribution in [0.25, 0.3) is 10.2 Å². The molecule has 29 heavy (non-hydrogen) atoms. The van der Waals surface area contributed by atoms with Crippen molar-refractivity contribution in [3.63, 3.8) is 0 Å². The Labute approximate surface area is 174 Å². The lowest BCUT2D eigenvalue weighted by atomic mass is 10.2. The molecule has 0 fully saturated rings. The van der Waals surface area contributed by atoms with Crippen LogP contribution in [-0.2, 0) is 21.7 Å². The highest BCUT2D eigenvalue weighted by molar-refractivity contribution is 7.91. The van der Waals surface area contributed by atoms with Gasteiger partial charge in [0, 0.05) is 13.5 Å².